The lowest BCUT2D eigenvalue weighted by Crippen LogP contribution is -2.37. The first-order valence-electron chi connectivity index (χ1n) is 4.91. The molecule has 9 heteroatoms. The Balaban J connectivity index is 1.89. The predicted octanol–water partition coefficient (Wildman–Crippen LogP) is -0.0723. The van der Waals surface area contributed by atoms with Crippen molar-refractivity contribution in [1.29, 1.82) is 0 Å². The van der Waals surface area contributed by atoms with Crippen LogP contribution in [0.25, 0.3) is 0 Å². The van der Waals surface area contributed by atoms with E-state index in [1.54, 1.807) is 0 Å². The van der Waals surface area contributed by atoms with Crippen LogP contribution in [0, 0.1) is 0 Å². The van der Waals surface area contributed by atoms with Crippen molar-refractivity contribution in [2.24, 2.45) is 0 Å². The zero-order valence-electron chi connectivity index (χ0n) is 8.71. The Morgan fingerprint density at radius 2 is 2.29 bits per heavy atom. The van der Waals surface area contributed by atoms with E-state index in [1.165, 1.54) is 5.38 Å². The van der Waals surface area contributed by atoms with Crippen LogP contribution in [0.2, 0.25) is 0 Å². The van der Waals surface area contributed by atoms with Gasteiger partial charge in [0, 0.05) is 11.4 Å². The Kier molecular flexibility index (Phi) is 3.43. The third-order valence-electron chi connectivity index (χ3n) is 2.08. The number of carboxylic acid groups (broad SMARTS) is 1. The highest BCUT2D eigenvalue weighted by Gasteiger charge is 2.26. The molecule has 0 aliphatic heterocycles. The molecule has 2 rings (SSSR count). The van der Waals surface area contributed by atoms with Crippen LogP contribution in [0.4, 0.5) is 0 Å². The molecule has 7 nitrogen and oxygen atoms in total. The number of thiazole rings is 1. The number of nitrogens with one attached hydrogen (secondary N) is 2. The van der Waals surface area contributed by atoms with Gasteiger partial charge in [0.2, 0.25) is 0 Å². The second kappa shape index (κ2) is 4.69. The average molecular weight is 277 g/mol. The minimum Gasteiger partial charge on any atom is -0.476 e. The third-order valence-corrected chi connectivity index (χ3v) is 4.10. The fraction of sp³-hybridized carbons (Fsp3) is 0.500. The van der Waals surface area contributed by atoms with Gasteiger partial charge in [0.05, 0.1) is 6.54 Å². The van der Waals surface area contributed by atoms with Gasteiger partial charge in [-0.05, 0) is 12.8 Å². The van der Waals surface area contributed by atoms with Gasteiger partial charge in [0.1, 0.15) is 5.01 Å². The molecule has 1 aliphatic carbocycles. The molecule has 94 valence electrons. The van der Waals surface area contributed by atoms with E-state index in [1.807, 2.05) is 0 Å². The number of aromatic carboxylic acids is 1. The van der Waals surface area contributed by atoms with Crippen molar-refractivity contribution in [2.45, 2.75) is 25.4 Å². The van der Waals surface area contributed by atoms with E-state index in [2.05, 4.69) is 14.4 Å². The van der Waals surface area contributed by atoms with Crippen LogP contribution < -0.4 is 9.44 Å². The van der Waals surface area contributed by atoms with Crippen LogP contribution >= 0.6 is 11.3 Å². The molecule has 0 saturated heterocycles. The summed E-state index contributed by atoms with van der Waals surface area (Å²) in [6.45, 7) is -0.000000000000000222. The summed E-state index contributed by atoms with van der Waals surface area (Å²) in [6, 6.07) is 0.0402. The number of aromatic nitrogens is 1. The molecular formula is C8H11N3O4S2. The predicted molar refractivity (Wildman–Crippen MR) is 61.0 cm³/mol. The number of nitrogens with zero attached hydrogens (tertiary/aromatic N) is 1. The van der Waals surface area contributed by atoms with E-state index >= 15 is 0 Å². The third kappa shape index (κ3) is 3.73. The Morgan fingerprint density at radius 1 is 1.59 bits per heavy atom. The topological polar surface area (TPSA) is 108 Å². The van der Waals surface area contributed by atoms with Gasteiger partial charge in [0.25, 0.3) is 10.2 Å². The lowest BCUT2D eigenvalue weighted by atomic mass is 10.5. The molecule has 1 saturated carbocycles. The SMILES string of the molecule is O=C(O)c1csc(CNS(=O)(=O)NC2CC2)n1. The van der Waals surface area contributed by atoms with E-state index in [0.29, 0.717) is 5.01 Å². The van der Waals surface area contributed by atoms with Crippen molar-refractivity contribution in [3.8, 4) is 0 Å². The average Bonchev–Trinajstić information content (AvgIpc) is 2.90. The summed E-state index contributed by atoms with van der Waals surface area (Å²) < 4.78 is 27.6. The van der Waals surface area contributed by atoms with Crippen molar-refractivity contribution < 1.29 is 18.3 Å². The summed E-state index contributed by atoms with van der Waals surface area (Å²) in [7, 11) is -3.51. The molecule has 1 aromatic rings. The van der Waals surface area contributed by atoms with Gasteiger partial charge in [0.15, 0.2) is 5.69 Å². The summed E-state index contributed by atoms with van der Waals surface area (Å²) >= 11 is 1.11. The molecular weight excluding hydrogens is 266 g/mol. The van der Waals surface area contributed by atoms with E-state index in [0.717, 1.165) is 24.2 Å². The van der Waals surface area contributed by atoms with Crippen LogP contribution in [0.3, 0.4) is 0 Å². The summed E-state index contributed by atoms with van der Waals surface area (Å²) in [5, 5.41) is 10.4. The van der Waals surface area contributed by atoms with Crippen LogP contribution in [0.15, 0.2) is 5.38 Å². The number of hydrogen-bond acceptors (Lipinski definition) is 5. The molecule has 0 amide bonds. The van der Waals surface area contributed by atoms with E-state index < -0.39 is 16.2 Å². The molecule has 1 heterocycles. The number of carbonyl (C=O) groups is 1. The quantitative estimate of drug-likeness (QED) is 0.674. The Labute approximate surface area is 102 Å². The lowest BCUT2D eigenvalue weighted by Gasteiger charge is -2.04. The van der Waals surface area contributed by atoms with Crippen LogP contribution in [0.5, 0.6) is 0 Å². The molecule has 17 heavy (non-hydrogen) atoms. The first-order valence-corrected chi connectivity index (χ1v) is 7.27. The second-order valence-electron chi connectivity index (χ2n) is 3.65. The molecule has 0 bridgehead atoms. The van der Waals surface area contributed by atoms with Gasteiger partial charge < -0.3 is 5.11 Å². The molecule has 1 aliphatic rings. The Bertz CT molecular complexity index is 521. The zero-order chi connectivity index (χ0) is 12.5. The minimum atomic E-state index is -3.51. The summed E-state index contributed by atoms with van der Waals surface area (Å²) in [5.41, 5.74) is -0.0700. The van der Waals surface area contributed by atoms with Crippen LogP contribution in [-0.4, -0.2) is 30.5 Å². The highest BCUT2D eigenvalue weighted by Crippen LogP contribution is 2.19. The highest BCUT2D eigenvalue weighted by molar-refractivity contribution is 7.87. The molecule has 0 atom stereocenters. The largest absolute Gasteiger partial charge is 0.476 e. The van der Waals surface area contributed by atoms with Gasteiger partial charge in [-0.1, -0.05) is 0 Å². The van der Waals surface area contributed by atoms with Gasteiger partial charge in [-0.3, -0.25) is 0 Å². The first-order chi connectivity index (χ1) is 7.96. The van der Waals surface area contributed by atoms with Crippen molar-refractivity contribution in [2.75, 3.05) is 0 Å². The molecule has 1 aromatic heterocycles. The van der Waals surface area contributed by atoms with Crippen molar-refractivity contribution in [3.63, 3.8) is 0 Å². The second-order valence-corrected chi connectivity index (χ2v) is 6.12. The Hall–Kier alpha value is -1.03. The maximum Gasteiger partial charge on any atom is 0.355 e. The van der Waals surface area contributed by atoms with Gasteiger partial charge in [-0.2, -0.15) is 17.9 Å². The fourth-order valence-electron chi connectivity index (χ4n) is 1.11. The van der Waals surface area contributed by atoms with E-state index in [4.69, 9.17) is 5.11 Å². The fourth-order valence-corrected chi connectivity index (χ4v) is 2.99. The van der Waals surface area contributed by atoms with Crippen molar-refractivity contribution in [1.82, 2.24) is 14.4 Å². The molecule has 0 aromatic carbocycles. The van der Waals surface area contributed by atoms with Crippen molar-refractivity contribution >= 4 is 27.5 Å². The zero-order valence-corrected chi connectivity index (χ0v) is 10.3. The Morgan fingerprint density at radius 3 is 2.82 bits per heavy atom. The number of carboxylic acids is 1. The summed E-state index contributed by atoms with van der Waals surface area (Å²) in [6.07, 6.45) is 1.72. The number of hydrogen-bond donors (Lipinski definition) is 3. The smallest absolute Gasteiger partial charge is 0.355 e. The van der Waals surface area contributed by atoms with Gasteiger partial charge >= 0.3 is 5.97 Å². The first kappa shape index (κ1) is 12.4. The van der Waals surface area contributed by atoms with E-state index in [-0.39, 0.29) is 18.3 Å². The maximum atomic E-state index is 11.4. The van der Waals surface area contributed by atoms with Gasteiger partial charge in [-0.15, -0.1) is 11.3 Å². The van der Waals surface area contributed by atoms with Crippen LogP contribution in [-0.2, 0) is 16.8 Å². The minimum absolute atomic E-state index is 0.000000000000000222. The molecule has 0 radical (unpaired) electrons. The maximum absolute atomic E-state index is 11.4. The highest BCUT2D eigenvalue weighted by atomic mass is 32.2. The molecule has 3 N–H and O–H groups in total. The standard InChI is InChI=1S/C8H11N3O4S2/c12-8(13)6-4-16-7(10-6)3-9-17(14,15)11-5-1-2-5/h4-5,9,11H,1-3H2,(H,12,13). The number of rotatable bonds is 6. The summed E-state index contributed by atoms with van der Waals surface area (Å²) in [5.74, 6) is -1.12. The van der Waals surface area contributed by atoms with E-state index in [9.17, 15) is 13.2 Å². The van der Waals surface area contributed by atoms with Crippen molar-refractivity contribution in [3.05, 3.63) is 16.1 Å². The molecule has 0 spiro atoms. The van der Waals surface area contributed by atoms with Gasteiger partial charge in [-0.25, -0.2) is 9.78 Å². The molecule has 0 unspecified atom stereocenters. The monoisotopic (exact) mass is 277 g/mol. The normalized spacial score (nSPS) is 16.0. The van der Waals surface area contributed by atoms with Crippen LogP contribution in [0.1, 0.15) is 28.3 Å². The molecule has 1 fully saturated rings. The summed E-state index contributed by atoms with van der Waals surface area (Å²) in [4.78, 5) is 14.3. The lowest BCUT2D eigenvalue weighted by molar-refractivity contribution is 0.0691.